The molecule has 80 valence electrons. The normalized spacial score (nSPS) is 10.7. The van der Waals surface area contributed by atoms with Gasteiger partial charge in [0.2, 0.25) is 0 Å². The Labute approximate surface area is 87.6 Å². The molecule has 0 heterocycles. The molecule has 0 radical (unpaired) electrons. The zero-order valence-electron chi connectivity index (χ0n) is 8.36. The molecule has 0 aliphatic rings. The molecule has 0 aliphatic heterocycles. The molecular weight excluding hydrogens is 198 g/mol. The maximum atomic E-state index is 11.1. The first-order valence-corrected chi connectivity index (χ1v) is 4.10. The fourth-order valence-electron chi connectivity index (χ4n) is 0.584. The second-order valence-electron chi connectivity index (χ2n) is 2.56. The van der Waals surface area contributed by atoms with Crippen molar-refractivity contribution in [3.05, 3.63) is 24.8 Å². The number of nitriles is 1. The monoisotopic (exact) mass is 209 g/mol. The Morgan fingerprint density at radius 3 is 2.67 bits per heavy atom. The molecule has 1 unspecified atom stereocenters. The van der Waals surface area contributed by atoms with Crippen LogP contribution in [0.3, 0.4) is 0 Å². The van der Waals surface area contributed by atoms with Gasteiger partial charge in [0.25, 0.3) is 0 Å². The number of nitrogens with zero attached hydrogens (tertiary/aromatic N) is 1. The van der Waals surface area contributed by atoms with E-state index in [2.05, 4.69) is 22.6 Å². The van der Waals surface area contributed by atoms with Gasteiger partial charge in [-0.05, 0) is 6.92 Å². The summed E-state index contributed by atoms with van der Waals surface area (Å²) < 4.78 is 9.21. The van der Waals surface area contributed by atoms with Crippen LogP contribution in [0.5, 0.6) is 0 Å². The molecule has 0 aromatic rings. The van der Waals surface area contributed by atoms with Crippen LogP contribution in [0.15, 0.2) is 24.8 Å². The second-order valence-corrected chi connectivity index (χ2v) is 2.56. The third-order valence-corrected chi connectivity index (χ3v) is 1.34. The minimum Gasteiger partial charge on any atom is -0.459 e. The highest BCUT2D eigenvalue weighted by atomic mass is 16.6. The number of esters is 2. The van der Waals surface area contributed by atoms with Crippen molar-refractivity contribution in [1.29, 1.82) is 5.26 Å². The Morgan fingerprint density at radius 1 is 1.60 bits per heavy atom. The van der Waals surface area contributed by atoms with Gasteiger partial charge < -0.3 is 9.47 Å². The minimum absolute atomic E-state index is 0.0416. The summed E-state index contributed by atoms with van der Waals surface area (Å²) in [7, 11) is 0. The SMILES string of the molecule is C=CCOC(=O)C(C)OC(=O)C(=C)C#N. The summed E-state index contributed by atoms with van der Waals surface area (Å²) in [5, 5.41) is 8.32. The predicted octanol–water partition coefficient (Wildman–Crippen LogP) is 0.727. The number of carbonyl (C=O) groups is 2. The van der Waals surface area contributed by atoms with Crippen LogP contribution in [0.1, 0.15) is 6.92 Å². The smallest absolute Gasteiger partial charge is 0.349 e. The standard InChI is InChI=1S/C10H11NO4/c1-4-5-14-10(13)8(3)15-9(12)7(2)6-11/h4,8H,1-2,5H2,3H3. The molecule has 0 spiro atoms. The molecule has 0 aromatic carbocycles. The molecule has 5 nitrogen and oxygen atoms in total. The van der Waals surface area contributed by atoms with E-state index in [1.54, 1.807) is 0 Å². The quantitative estimate of drug-likeness (QED) is 0.288. The van der Waals surface area contributed by atoms with Gasteiger partial charge in [0.15, 0.2) is 6.10 Å². The summed E-state index contributed by atoms with van der Waals surface area (Å²) in [6, 6.07) is 1.51. The van der Waals surface area contributed by atoms with Gasteiger partial charge in [-0.25, -0.2) is 9.59 Å². The Balaban J connectivity index is 4.13. The lowest BCUT2D eigenvalue weighted by Gasteiger charge is -2.10. The van der Waals surface area contributed by atoms with Crippen molar-refractivity contribution in [3.8, 4) is 6.07 Å². The second kappa shape index (κ2) is 6.38. The molecule has 0 N–H and O–H groups in total. The molecule has 0 rings (SSSR count). The van der Waals surface area contributed by atoms with Crippen molar-refractivity contribution in [2.75, 3.05) is 6.61 Å². The van der Waals surface area contributed by atoms with Crippen LogP contribution in [0.2, 0.25) is 0 Å². The third kappa shape index (κ3) is 4.62. The molecule has 15 heavy (non-hydrogen) atoms. The van der Waals surface area contributed by atoms with Crippen molar-refractivity contribution in [2.45, 2.75) is 13.0 Å². The van der Waals surface area contributed by atoms with Crippen LogP contribution in [0.25, 0.3) is 0 Å². The van der Waals surface area contributed by atoms with E-state index in [1.165, 1.54) is 19.1 Å². The van der Waals surface area contributed by atoms with E-state index in [-0.39, 0.29) is 12.2 Å². The third-order valence-electron chi connectivity index (χ3n) is 1.34. The number of hydrogen-bond donors (Lipinski definition) is 0. The lowest BCUT2D eigenvalue weighted by Crippen LogP contribution is -2.26. The summed E-state index contributed by atoms with van der Waals surface area (Å²) in [4.78, 5) is 22.1. The van der Waals surface area contributed by atoms with Gasteiger partial charge in [-0.3, -0.25) is 0 Å². The molecule has 0 aliphatic carbocycles. The van der Waals surface area contributed by atoms with Crippen LogP contribution >= 0.6 is 0 Å². The molecule has 0 amide bonds. The molecule has 0 fully saturated rings. The molecule has 5 heteroatoms. The Morgan fingerprint density at radius 2 is 2.20 bits per heavy atom. The Bertz CT molecular complexity index is 327. The highest BCUT2D eigenvalue weighted by molar-refractivity contribution is 5.93. The fraction of sp³-hybridized carbons (Fsp3) is 0.300. The lowest BCUT2D eigenvalue weighted by atomic mass is 10.3. The van der Waals surface area contributed by atoms with Gasteiger partial charge in [-0.15, -0.1) is 0 Å². The number of ether oxygens (including phenoxy) is 2. The van der Waals surface area contributed by atoms with E-state index in [0.717, 1.165) is 0 Å². The van der Waals surface area contributed by atoms with Crippen LogP contribution in [-0.4, -0.2) is 24.6 Å². The maximum absolute atomic E-state index is 11.1. The van der Waals surface area contributed by atoms with Crippen molar-refractivity contribution in [3.63, 3.8) is 0 Å². The number of rotatable bonds is 5. The van der Waals surface area contributed by atoms with E-state index in [0.29, 0.717) is 0 Å². The van der Waals surface area contributed by atoms with Crippen LogP contribution < -0.4 is 0 Å². The molecular formula is C10H11NO4. The van der Waals surface area contributed by atoms with Crippen molar-refractivity contribution in [1.82, 2.24) is 0 Å². The lowest BCUT2D eigenvalue weighted by molar-refractivity contribution is -0.163. The minimum atomic E-state index is -1.07. The molecule has 1 atom stereocenters. The summed E-state index contributed by atoms with van der Waals surface area (Å²) >= 11 is 0. The molecule has 0 aromatic heterocycles. The zero-order chi connectivity index (χ0) is 11.8. The van der Waals surface area contributed by atoms with Crippen molar-refractivity contribution < 1.29 is 19.1 Å². The van der Waals surface area contributed by atoms with E-state index >= 15 is 0 Å². The first-order valence-electron chi connectivity index (χ1n) is 4.10. The van der Waals surface area contributed by atoms with Crippen LogP contribution in [0, 0.1) is 11.3 Å². The zero-order valence-corrected chi connectivity index (χ0v) is 8.36. The van der Waals surface area contributed by atoms with E-state index in [1.807, 2.05) is 0 Å². The highest BCUT2D eigenvalue weighted by Gasteiger charge is 2.20. The Hall–Kier alpha value is -2.09. The molecule has 0 bridgehead atoms. The number of carbonyl (C=O) groups excluding carboxylic acids is 2. The van der Waals surface area contributed by atoms with E-state index in [4.69, 9.17) is 5.26 Å². The average molecular weight is 209 g/mol. The Kier molecular flexibility index (Phi) is 5.49. The van der Waals surface area contributed by atoms with Crippen molar-refractivity contribution in [2.24, 2.45) is 0 Å². The average Bonchev–Trinajstić information content (AvgIpc) is 2.24. The van der Waals surface area contributed by atoms with Crippen molar-refractivity contribution >= 4 is 11.9 Å². The van der Waals surface area contributed by atoms with Gasteiger partial charge in [0, 0.05) is 0 Å². The van der Waals surface area contributed by atoms with Gasteiger partial charge in [0.1, 0.15) is 18.2 Å². The van der Waals surface area contributed by atoms with Gasteiger partial charge in [0.05, 0.1) is 0 Å². The first-order chi connectivity index (χ1) is 7.02. The topological polar surface area (TPSA) is 76.4 Å². The van der Waals surface area contributed by atoms with Crippen LogP contribution in [-0.2, 0) is 19.1 Å². The number of hydrogen-bond acceptors (Lipinski definition) is 5. The maximum Gasteiger partial charge on any atom is 0.349 e. The predicted molar refractivity (Wildman–Crippen MR) is 51.5 cm³/mol. The summed E-state index contributed by atoms with van der Waals surface area (Å²) in [6.45, 7) is 7.88. The van der Waals surface area contributed by atoms with E-state index < -0.39 is 18.0 Å². The first kappa shape index (κ1) is 12.9. The fourth-order valence-corrected chi connectivity index (χ4v) is 0.584. The van der Waals surface area contributed by atoms with Crippen LogP contribution in [0.4, 0.5) is 0 Å². The van der Waals surface area contributed by atoms with Gasteiger partial charge in [-0.1, -0.05) is 19.2 Å². The van der Waals surface area contributed by atoms with E-state index in [9.17, 15) is 9.59 Å². The van der Waals surface area contributed by atoms with Gasteiger partial charge >= 0.3 is 11.9 Å². The summed E-state index contributed by atoms with van der Waals surface area (Å²) in [6.07, 6.45) is 0.322. The van der Waals surface area contributed by atoms with Gasteiger partial charge in [-0.2, -0.15) is 5.26 Å². The molecule has 0 saturated heterocycles. The largest absolute Gasteiger partial charge is 0.459 e. The highest BCUT2D eigenvalue weighted by Crippen LogP contribution is 2.00. The molecule has 0 saturated carbocycles. The summed E-state index contributed by atoms with van der Waals surface area (Å²) in [5.74, 6) is -1.63. The summed E-state index contributed by atoms with van der Waals surface area (Å²) in [5.41, 5.74) is -0.363.